The van der Waals surface area contributed by atoms with Crippen LogP contribution in [0, 0.1) is 6.92 Å². The maximum atomic E-state index is 12.5. The Morgan fingerprint density at radius 1 is 1.33 bits per heavy atom. The molecule has 0 radical (unpaired) electrons. The molecule has 0 spiro atoms. The zero-order chi connectivity index (χ0) is 15.7. The summed E-state index contributed by atoms with van der Waals surface area (Å²) in [7, 11) is -3.53. The zero-order valence-corrected chi connectivity index (χ0v) is 13.6. The van der Waals surface area contributed by atoms with Crippen molar-refractivity contribution < 1.29 is 18.3 Å². The molecule has 1 saturated heterocycles. The van der Waals surface area contributed by atoms with Gasteiger partial charge in [0.15, 0.2) is 0 Å². The summed E-state index contributed by atoms with van der Waals surface area (Å²) in [5, 5.41) is 10.1. The van der Waals surface area contributed by atoms with Gasteiger partial charge in [-0.1, -0.05) is 13.3 Å². The molecule has 1 aromatic rings. The van der Waals surface area contributed by atoms with Crippen LogP contribution in [0.5, 0.6) is 5.75 Å². The van der Waals surface area contributed by atoms with Gasteiger partial charge in [0.1, 0.15) is 5.75 Å². The minimum Gasteiger partial charge on any atom is -0.494 e. The van der Waals surface area contributed by atoms with Crippen molar-refractivity contribution >= 4 is 10.0 Å². The van der Waals surface area contributed by atoms with Crippen LogP contribution in [0.15, 0.2) is 23.1 Å². The molecule has 1 aromatic carbocycles. The number of hydrogen-bond acceptors (Lipinski definition) is 4. The Morgan fingerprint density at radius 3 is 2.52 bits per heavy atom. The second-order valence-corrected chi connectivity index (χ2v) is 7.55. The Hall–Kier alpha value is -1.11. The highest BCUT2D eigenvalue weighted by molar-refractivity contribution is 7.89. The van der Waals surface area contributed by atoms with Gasteiger partial charge in [-0.05, 0) is 44.0 Å². The predicted molar refractivity (Wildman–Crippen MR) is 81.0 cm³/mol. The molecule has 6 heteroatoms. The van der Waals surface area contributed by atoms with E-state index in [0.717, 1.165) is 12.0 Å². The molecule has 0 amide bonds. The number of aryl methyl sites for hydroxylation is 1. The molecule has 0 bridgehead atoms. The fraction of sp³-hybridized carbons (Fsp3) is 0.600. The SMILES string of the molecule is CCCC1(O)CN(S(=O)(=O)c2ccc(OCC)c(C)c2)C1. The van der Waals surface area contributed by atoms with Crippen LogP contribution in [-0.2, 0) is 10.0 Å². The minimum absolute atomic E-state index is 0.176. The predicted octanol–water partition coefficient (Wildman–Crippen LogP) is 1.93. The lowest BCUT2D eigenvalue weighted by Gasteiger charge is -2.45. The van der Waals surface area contributed by atoms with Gasteiger partial charge in [0, 0.05) is 13.1 Å². The number of β-amino-alcohol motifs (C(OH)–C–C–N with tert-alkyl or cyclic N) is 1. The van der Waals surface area contributed by atoms with Crippen molar-refractivity contribution in [2.75, 3.05) is 19.7 Å². The van der Waals surface area contributed by atoms with Crippen LogP contribution >= 0.6 is 0 Å². The summed E-state index contributed by atoms with van der Waals surface area (Å²) in [5.74, 6) is 0.697. The third-order valence-electron chi connectivity index (χ3n) is 3.74. The quantitative estimate of drug-likeness (QED) is 0.871. The Bertz CT molecular complexity index is 606. The number of ether oxygens (including phenoxy) is 1. The van der Waals surface area contributed by atoms with Crippen LogP contribution in [0.25, 0.3) is 0 Å². The van der Waals surface area contributed by atoms with E-state index in [1.165, 1.54) is 4.31 Å². The third kappa shape index (κ3) is 3.22. The van der Waals surface area contributed by atoms with E-state index in [2.05, 4.69) is 0 Å². The number of benzene rings is 1. The summed E-state index contributed by atoms with van der Waals surface area (Å²) in [5.41, 5.74) is -0.0652. The molecule has 0 aromatic heterocycles. The topological polar surface area (TPSA) is 66.8 Å². The first-order valence-electron chi connectivity index (χ1n) is 7.28. The van der Waals surface area contributed by atoms with Crippen molar-refractivity contribution in [3.05, 3.63) is 23.8 Å². The number of rotatable bonds is 6. The summed E-state index contributed by atoms with van der Waals surface area (Å²) in [6.07, 6.45) is 1.47. The highest BCUT2D eigenvalue weighted by Crippen LogP contribution is 2.32. The molecule has 2 rings (SSSR count). The largest absolute Gasteiger partial charge is 0.494 e. The maximum absolute atomic E-state index is 12.5. The van der Waals surface area contributed by atoms with Crippen LogP contribution in [-0.4, -0.2) is 43.1 Å². The first kappa shape index (κ1) is 16.3. The molecule has 0 aliphatic carbocycles. The molecule has 1 heterocycles. The van der Waals surface area contributed by atoms with Crippen molar-refractivity contribution in [1.82, 2.24) is 4.31 Å². The first-order chi connectivity index (χ1) is 9.82. The van der Waals surface area contributed by atoms with Gasteiger partial charge in [0.2, 0.25) is 10.0 Å². The minimum atomic E-state index is -3.53. The van der Waals surface area contributed by atoms with Gasteiger partial charge in [-0.15, -0.1) is 0 Å². The number of sulfonamides is 1. The number of hydrogen-bond donors (Lipinski definition) is 1. The van der Waals surface area contributed by atoms with Gasteiger partial charge in [0.05, 0.1) is 17.1 Å². The highest BCUT2D eigenvalue weighted by atomic mass is 32.2. The fourth-order valence-corrected chi connectivity index (χ4v) is 4.34. The molecular formula is C15H23NO4S. The molecule has 0 unspecified atom stereocenters. The molecule has 1 fully saturated rings. The standard InChI is InChI=1S/C15H23NO4S/c1-4-8-15(17)10-16(11-15)21(18,19)13-6-7-14(20-5-2)12(3)9-13/h6-7,9,17H,4-5,8,10-11H2,1-3H3. The summed E-state index contributed by atoms with van der Waals surface area (Å²) in [4.78, 5) is 0.252. The van der Waals surface area contributed by atoms with Crippen LogP contribution in [0.4, 0.5) is 0 Å². The van der Waals surface area contributed by atoms with Crippen LogP contribution in [0.3, 0.4) is 0 Å². The van der Waals surface area contributed by atoms with E-state index in [-0.39, 0.29) is 18.0 Å². The van der Waals surface area contributed by atoms with E-state index in [1.807, 2.05) is 20.8 Å². The van der Waals surface area contributed by atoms with E-state index in [0.29, 0.717) is 18.8 Å². The van der Waals surface area contributed by atoms with Gasteiger partial charge >= 0.3 is 0 Å². The van der Waals surface area contributed by atoms with Gasteiger partial charge in [-0.25, -0.2) is 8.42 Å². The Labute approximate surface area is 126 Å². The maximum Gasteiger partial charge on any atom is 0.243 e. The lowest BCUT2D eigenvalue weighted by molar-refractivity contribution is -0.0653. The third-order valence-corrected chi connectivity index (χ3v) is 5.53. The molecule has 0 saturated carbocycles. The normalized spacial score (nSPS) is 18.3. The fourth-order valence-electron chi connectivity index (χ4n) is 2.65. The van der Waals surface area contributed by atoms with Crippen LogP contribution in [0.1, 0.15) is 32.3 Å². The molecule has 5 nitrogen and oxygen atoms in total. The second kappa shape index (κ2) is 5.94. The van der Waals surface area contributed by atoms with Crippen molar-refractivity contribution in [3.63, 3.8) is 0 Å². The van der Waals surface area contributed by atoms with Gasteiger partial charge in [-0.2, -0.15) is 4.31 Å². The molecule has 118 valence electrons. The van der Waals surface area contributed by atoms with E-state index in [4.69, 9.17) is 4.74 Å². The Kier molecular flexibility index (Phi) is 4.60. The van der Waals surface area contributed by atoms with Crippen LogP contribution < -0.4 is 4.74 Å². The number of aliphatic hydroxyl groups is 1. The second-order valence-electron chi connectivity index (χ2n) is 5.61. The summed E-state index contributed by atoms with van der Waals surface area (Å²) >= 11 is 0. The highest BCUT2D eigenvalue weighted by Gasteiger charge is 2.46. The molecule has 1 N–H and O–H groups in total. The average Bonchev–Trinajstić information content (AvgIpc) is 2.38. The van der Waals surface area contributed by atoms with Gasteiger partial charge < -0.3 is 9.84 Å². The van der Waals surface area contributed by atoms with E-state index in [1.54, 1.807) is 18.2 Å². The summed E-state index contributed by atoms with van der Waals surface area (Å²) in [6.45, 7) is 6.59. The molecular weight excluding hydrogens is 290 g/mol. The van der Waals surface area contributed by atoms with E-state index >= 15 is 0 Å². The van der Waals surface area contributed by atoms with Crippen molar-refractivity contribution in [1.29, 1.82) is 0 Å². The molecule has 1 aliphatic heterocycles. The number of nitrogens with zero attached hydrogens (tertiary/aromatic N) is 1. The van der Waals surface area contributed by atoms with Crippen molar-refractivity contribution in [2.24, 2.45) is 0 Å². The van der Waals surface area contributed by atoms with E-state index < -0.39 is 15.6 Å². The molecule has 1 aliphatic rings. The lowest BCUT2D eigenvalue weighted by atomic mass is 9.92. The molecule has 0 atom stereocenters. The van der Waals surface area contributed by atoms with Crippen molar-refractivity contribution in [3.8, 4) is 5.75 Å². The van der Waals surface area contributed by atoms with Crippen LogP contribution in [0.2, 0.25) is 0 Å². The monoisotopic (exact) mass is 313 g/mol. The average molecular weight is 313 g/mol. The van der Waals surface area contributed by atoms with Crippen molar-refractivity contribution in [2.45, 2.75) is 44.1 Å². The van der Waals surface area contributed by atoms with E-state index in [9.17, 15) is 13.5 Å². The van der Waals surface area contributed by atoms with Gasteiger partial charge in [-0.3, -0.25) is 0 Å². The smallest absolute Gasteiger partial charge is 0.243 e. The lowest BCUT2D eigenvalue weighted by Crippen LogP contribution is -2.63. The Balaban J connectivity index is 2.16. The molecule has 21 heavy (non-hydrogen) atoms. The summed E-state index contributed by atoms with van der Waals surface area (Å²) < 4.78 is 31.8. The summed E-state index contributed by atoms with van der Waals surface area (Å²) in [6, 6.07) is 4.87. The zero-order valence-electron chi connectivity index (χ0n) is 12.8. The Morgan fingerprint density at radius 2 is 2.00 bits per heavy atom. The first-order valence-corrected chi connectivity index (χ1v) is 8.72. The van der Waals surface area contributed by atoms with Gasteiger partial charge in [0.25, 0.3) is 0 Å².